The van der Waals surface area contributed by atoms with Crippen LogP contribution in [0.2, 0.25) is 0 Å². The molecule has 0 atom stereocenters. The van der Waals surface area contributed by atoms with Crippen molar-refractivity contribution in [1.82, 2.24) is 10.1 Å². The van der Waals surface area contributed by atoms with E-state index >= 15 is 0 Å². The fourth-order valence-corrected chi connectivity index (χ4v) is 1.92. The zero-order chi connectivity index (χ0) is 16.2. The van der Waals surface area contributed by atoms with Gasteiger partial charge in [-0.2, -0.15) is 4.98 Å². The van der Waals surface area contributed by atoms with Crippen LogP contribution in [0.3, 0.4) is 0 Å². The number of aromatic nitrogens is 2. The minimum atomic E-state index is -0.762. The van der Waals surface area contributed by atoms with E-state index in [4.69, 9.17) is 9.26 Å². The van der Waals surface area contributed by atoms with Gasteiger partial charge in [-0.1, -0.05) is 35.5 Å². The first-order valence-corrected chi connectivity index (χ1v) is 6.70. The molecular formula is C16H12N2O5. The van der Waals surface area contributed by atoms with Crippen molar-refractivity contribution in [3.05, 3.63) is 60.0 Å². The summed E-state index contributed by atoms with van der Waals surface area (Å²) in [5.74, 6) is -0.754. The van der Waals surface area contributed by atoms with Gasteiger partial charge >= 0.3 is 5.97 Å². The maximum Gasteiger partial charge on any atom is 0.342 e. The van der Waals surface area contributed by atoms with Crippen LogP contribution >= 0.6 is 0 Å². The highest BCUT2D eigenvalue weighted by atomic mass is 16.6. The highest BCUT2D eigenvalue weighted by Gasteiger charge is 2.15. The SMILES string of the molecule is O=C(OCc1nc(-c2ccccc2)no1)c1ccc(O)cc1O. The van der Waals surface area contributed by atoms with E-state index in [0.29, 0.717) is 5.82 Å². The Kier molecular flexibility index (Phi) is 3.92. The second-order valence-electron chi connectivity index (χ2n) is 4.66. The Balaban J connectivity index is 1.67. The molecule has 0 radical (unpaired) electrons. The third-order valence-electron chi connectivity index (χ3n) is 3.03. The van der Waals surface area contributed by atoms with Crippen molar-refractivity contribution in [3.63, 3.8) is 0 Å². The number of nitrogens with zero attached hydrogens (tertiary/aromatic N) is 2. The lowest BCUT2D eigenvalue weighted by atomic mass is 10.2. The molecule has 0 unspecified atom stereocenters. The third-order valence-corrected chi connectivity index (χ3v) is 3.03. The summed E-state index contributed by atoms with van der Waals surface area (Å²) in [6.07, 6.45) is 0. The average Bonchev–Trinajstić information content (AvgIpc) is 3.02. The van der Waals surface area contributed by atoms with Gasteiger partial charge in [-0.3, -0.25) is 0 Å². The summed E-state index contributed by atoms with van der Waals surface area (Å²) in [6.45, 7) is -0.223. The smallest absolute Gasteiger partial charge is 0.342 e. The normalized spacial score (nSPS) is 10.4. The summed E-state index contributed by atoms with van der Waals surface area (Å²) in [5.41, 5.74) is 0.718. The Bertz CT molecular complexity index is 829. The number of carbonyl (C=O) groups is 1. The largest absolute Gasteiger partial charge is 0.508 e. The van der Waals surface area contributed by atoms with Crippen LogP contribution in [0, 0.1) is 0 Å². The predicted octanol–water partition coefficient (Wildman–Crippen LogP) is 2.50. The first-order valence-electron chi connectivity index (χ1n) is 6.70. The molecule has 0 aliphatic carbocycles. The number of hydrogen-bond acceptors (Lipinski definition) is 7. The third kappa shape index (κ3) is 3.29. The molecule has 7 heteroatoms. The van der Waals surface area contributed by atoms with Gasteiger partial charge in [0, 0.05) is 11.6 Å². The molecule has 116 valence electrons. The van der Waals surface area contributed by atoms with Crippen LogP contribution < -0.4 is 0 Å². The number of rotatable bonds is 4. The van der Waals surface area contributed by atoms with E-state index in [1.54, 1.807) is 0 Å². The number of phenols is 2. The minimum Gasteiger partial charge on any atom is -0.508 e. The topological polar surface area (TPSA) is 106 Å². The minimum absolute atomic E-state index is 0.0643. The van der Waals surface area contributed by atoms with E-state index in [9.17, 15) is 15.0 Å². The van der Waals surface area contributed by atoms with Crippen molar-refractivity contribution in [1.29, 1.82) is 0 Å². The van der Waals surface area contributed by atoms with E-state index in [-0.39, 0.29) is 29.6 Å². The second-order valence-corrected chi connectivity index (χ2v) is 4.66. The van der Waals surface area contributed by atoms with Gasteiger partial charge in [0.05, 0.1) is 0 Å². The second kappa shape index (κ2) is 6.18. The molecule has 0 amide bonds. The van der Waals surface area contributed by atoms with Gasteiger partial charge in [0.25, 0.3) is 5.89 Å². The van der Waals surface area contributed by atoms with E-state index in [0.717, 1.165) is 11.6 Å². The van der Waals surface area contributed by atoms with Gasteiger partial charge in [-0.15, -0.1) is 0 Å². The monoisotopic (exact) mass is 312 g/mol. The zero-order valence-electron chi connectivity index (χ0n) is 11.8. The lowest BCUT2D eigenvalue weighted by molar-refractivity contribution is 0.0426. The van der Waals surface area contributed by atoms with Crippen LogP contribution in [0.4, 0.5) is 0 Å². The first-order chi connectivity index (χ1) is 11.1. The molecule has 0 fully saturated rings. The van der Waals surface area contributed by atoms with Crippen molar-refractivity contribution in [2.45, 2.75) is 6.61 Å². The van der Waals surface area contributed by atoms with Crippen molar-refractivity contribution >= 4 is 5.97 Å². The van der Waals surface area contributed by atoms with Gasteiger partial charge in [-0.05, 0) is 12.1 Å². The fourth-order valence-electron chi connectivity index (χ4n) is 1.92. The Morgan fingerprint density at radius 2 is 1.91 bits per heavy atom. The predicted molar refractivity (Wildman–Crippen MR) is 78.6 cm³/mol. The van der Waals surface area contributed by atoms with Crippen LogP contribution in [0.1, 0.15) is 16.2 Å². The lowest BCUT2D eigenvalue weighted by Crippen LogP contribution is -2.05. The Labute approximate surface area is 130 Å². The number of phenolic OH excluding ortho intramolecular Hbond substituents is 2. The summed E-state index contributed by atoms with van der Waals surface area (Å²) in [6, 6.07) is 12.8. The Morgan fingerprint density at radius 3 is 2.65 bits per heavy atom. The van der Waals surface area contributed by atoms with Crippen LogP contribution in [0.15, 0.2) is 53.1 Å². The lowest BCUT2D eigenvalue weighted by Gasteiger charge is -2.04. The van der Waals surface area contributed by atoms with Crippen molar-refractivity contribution in [3.8, 4) is 22.9 Å². The maximum absolute atomic E-state index is 11.9. The summed E-state index contributed by atoms with van der Waals surface area (Å²) < 4.78 is 10.0. The number of esters is 1. The number of carbonyl (C=O) groups excluding carboxylic acids is 1. The van der Waals surface area contributed by atoms with Crippen LogP contribution in [0.5, 0.6) is 11.5 Å². The summed E-state index contributed by atoms with van der Waals surface area (Å²) >= 11 is 0. The van der Waals surface area contributed by atoms with Gasteiger partial charge in [0.1, 0.15) is 17.1 Å². The van der Waals surface area contributed by atoms with E-state index in [2.05, 4.69) is 10.1 Å². The standard InChI is InChI=1S/C16H12N2O5/c19-11-6-7-12(13(20)8-11)16(21)22-9-14-17-15(18-23-14)10-4-2-1-3-5-10/h1-8,19-20H,9H2. The zero-order valence-corrected chi connectivity index (χ0v) is 11.8. The number of ether oxygens (including phenoxy) is 1. The summed E-state index contributed by atoms with van der Waals surface area (Å²) in [5, 5.41) is 22.6. The fraction of sp³-hybridized carbons (Fsp3) is 0.0625. The number of benzene rings is 2. The van der Waals surface area contributed by atoms with Gasteiger partial charge < -0.3 is 19.5 Å². The molecule has 0 bridgehead atoms. The molecule has 0 saturated heterocycles. The van der Waals surface area contributed by atoms with E-state index < -0.39 is 5.97 Å². The molecule has 23 heavy (non-hydrogen) atoms. The number of hydrogen-bond donors (Lipinski definition) is 2. The van der Waals surface area contributed by atoms with Crippen molar-refractivity contribution in [2.75, 3.05) is 0 Å². The van der Waals surface area contributed by atoms with Crippen LogP contribution in [-0.4, -0.2) is 26.3 Å². The van der Waals surface area contributed by atoms with Crippen molar-refractivity contribution in [2.24, 2.45) is 0 Å². The van der Waals surface area contributed by atoms with Crippen LogP contribution in [-0.2, 0) is 11.3 Å². The molecule has 0 saturated carbocycles. The molecule has 1 aromatic heterocycles. The molecule has 3 aromatic rings. The maximum atomic E-state index is 11.9. The Hall–Kier alpha value is -3.35. The molecule has 1 heterocycles. The van der Waals surface area contributed by atoms with Gasteiger partial charge in [0.15, 0.2) is 6.61 Å². The molecular weight excluding hydrogens is 300 g/mol. The van der Waals surface area contributed by atoms with Gasteiger partial charge in [0.2, 0.25) is 5.82 Å². The van der Waals surface area contributed by atoms with Gasteiger partial charge in [-0.25, -0.2) is 4.79 Å². The number of aromatic hydroxyl groups is 2. The van der Waals surface area contributed by atoms with E-state index in [1.165, 1.54) is 12.1 Å². The highest BCUT2D eigenvalue weighted by Crippen LogP contribution is 2.23. The Morgan fingerprint density at radius 1 is 1.13 bits per heavy atom. The van der Waals surface area contributed by atoms with E-state index in [1.807, 2.05) is 30.3 Å². The average molecular weight is 312 g/mol. The molecule has 3 rings (SSSR count). The molecule has 0 spiro atoms. The van der Waals surface area contributed by atoms with Crippen molar-refractivity contribution < 1.29 is 24.3 Å². The highest BCUT2D eigenvalue weighted by molar-refractivity contribution is 5.92. The molecule has 2 aromatic carbocycles. The molecule has 0 aliphatic rings. The molecule has 2 N–H and O–H groups in total. The summed E-state index contributed by atoms with van der Waals surface area (Å²) in [4.78, 5) is 16.0. The molecule has 7 nitrogen and oxygen atoms in total. The quantitative estimate of drug-likeness (QED) is 0.713. The first kappa shape index (κ1) is 14.6. The summed E-state index contributed by atoms with van der Waals surface area (Å²) in [7, 11) is 0. The molecule has 0 aliphatic heterocycles. The van der Waals surface area contributed by atoms with Crippen LogP contribution in [0.25, 0.3) is 11.4 Å².